The number of halogens is 1. The quantitative estimate of drug-likeness (QED) is 0.526. The molecular formula is C7H12ClNO4S. The molecule has 5 nitrogen and oxygen atoms in total. The van der Waals surface area contributed by atoms with Crippen molar-refractivity contribution in [2.75, 3.05) is 13.7 Å². The summed E-state index contributed by atoms with van der Waals surface area (Å²) >= 11 is 0. The zero-order chi connectivity index (χ0) is 10.9. The molecule has 1 heterocycles. The Kier molecular flexibility index (Phi) is 3.39. The van der Waals surface area contributed by atoms with Crippen molar-refractivity contribution in [1.29, 1.82) is 0 Å². The lowest BCUT2D eigenvalue weighted by Gasteiger charge is -2.40. The van der Waals surface area contributed by atoms with Gasteiger partial charge in [-0.3, -0.25) is 4.79 Å². The fourth-order valence-corrected chi connectivity index (χ4v) is 2.98. The van der Waals surface area contributed by atoms with Gasteiger partial charge in [0.1, 0.15) is 0 Å². The first-order valence-electron chi connectivity index (χ1n) is 4.13. The van der Waals surface area contributed by atoms with Crippen molar-refractivity contribution in [2.24, 2.45) is 5.92 Å². The Morgan fingerprint density at radius 3 is 2.64 bits per heavy atom. The number of rotatable bonds is 4. The van der Waals surface area contributed by atoms with Crippen LogP contribution in [0.5, 0.6) is 0 Å². The van der Waals surface area contributed by atoms with E-state index in [4.69, 9.17) is 15.4 Å². The van der Waals surface area contributed by atoms with Gasteiger partial charge in [-0.25, -0.2) is 4.31 Å². The summed E-state index contributed by atoms with van der Waals surface area (Å²) in [5.74, 6) is -0.487. The predicted octanol–water partition coefficient (Wildman–Crippen LogP) is 0.353. The van der Waals surface area contributed by atoms with Gasteiger partial charge in [0.15, 0.2) is 0 Å². The van der Waals surface area contributed by atoms with Gasteiger partial charge in [-0.05, 0) is 0 Å². The highest BCUT2D eigenvalue weighted by molar-refractivity contribution is 8.12. The molecule has 1 fully saturated rings. The van der Waals surface area contributed by atoms with Gasteiger partial charge in [0, 0.05) is 30.1 Å². The molecule has 0 aliphatic carbocycles. The van der Waals surface area contributed by atoms with Gasteiger partial charge in [-0.1, -0.05) is 6.92 Å². The second-order valence-corrected chi connectivity index (χ2v) is 5.72. The van der Waals surface area contributed by atoms with Gasteiger partial charge in [0.25, 0.3) is 0 Å². The number of carbonyl (C=O) groups is 1. The van der Waals surface area contributed by atoms with Crippen molar-refractivity contribution in [3.05, 3.63) is 0 Å². The maximum atomic E-state index is 11.0. The molecule has 0 saturated carbocycles. The van der Waals surface area contributed by atoms with Gasteiger partial charge in [0.2, 0.25) is 5.91 Å². The van der Waals surface area contributed by atoms with Crippen LogP contribution in [0.2, 0.25) is 0 Å². The van der Waals surface area contributed by atoms with E-state index in [1.165, 1.54) is 7.11 Å². The molecule has 2 unspecified atom stereocenters. The largest absolute Gasteiger partial charge is 0.384 e. The molecule has 1 amide bonds. The fraction of sp³-hybridized carbons (Fsp3) is 0.857. The fourth-order valence-electron chi connectivity index (χ4n) is 1.51. The molecule has 1 aliphatic heterocycles. The zero-order valence-electron chi connectivity index (χ0n) is 7.94. The van der Waals surface area contributed by atoms with Gasteiger partial charge in [0.05, 0.1) is 12.6 Å². The summed E-state index contributed by atoms with van der Waals surface area (Å²) in [6, 6.07) is -0.357. The molecule has 0 aromatic carbocycles. The molecule has 2 atom stereocenters. The van der Waals surface area contributed by atoms with Crippen LogP contribution in [0.25, 0.3) is 0 Å². The Labute approximate surface area is 87.5 Å². The molecule has 14 heavy (non-hydrogen) atoms. The summed E-state index contributed by atoms with van der Waals surface area (Å²) in [7, 11) is 2.70. The number of β-lactam (4-membered cyclic amide) rings is 1. The molecule has 0 N–H and O–H groups in total. The van der Waals surface area contributed by atoms with E-state index in [0.717, 1.165) is 4.31 Å². The SMILES string of the molecule is COCC(C)C1CC(=O)N1S(=O)(=O)Cl. The van der Waals surface area contributed by atoms with Crippen molar-refractivity contribution in [2.45, 2.75) is 19.4 Å². The molecule has 0 aromatic heterocycles. The van der Waals surface area contributed by atoms with Crippen LogP contribution in [0.4, 0.5) is 0 Å². The van der Waals surface area contributed by atoms with Crippen LogP contribution in [-0.2, 0) is 18.8 Å². The summed E-state index contributed by atoms with van der Waals surface area (Å²) in [5.41, 5.74) is 0. The number of ether oxygens (including phenoxy) is 1. The molecule has 82 valence electrons. The Morgan fingerprint density at radius 2 is 2.29 bits per heavy atom. The third kappa shape index (κ3) is 2.18. The molecule has 7 heteroatoms. The summed E-state index contributed by atoms with van der Waals surface area (Å²) in [4.78, 5) is 11.0. The minimum atomic E-state index is -3.93. The summed E-state index contributed by atoms with van der Waals surface area (Å²) < 4.78 is 27.5. The highest BCUT2D eigenvalue weighted by atomic mass is 35.7. The normalized spacial score (nSPS) is 24.6. The maximum Gasteiger partial charge on any atom is 0.324 e. The highest BCUT2D eigenvalue weighted by Gasteiger charge is 2.46. The van der Waals surface area contributed by atoms with Crippen molar-refractivity contribution < 1.29 is 17.9 Å². The lowest BCUT2D eigenvalue weighted by atomic mass is 9.93. The lowest BCUT2D eigenvalue weighted by molar-refractivity contribution is -0.140. The molecule has 1 aliphatic rings. The average molecular weight is 242 g/mol. The second-order valence-electron chi connectivity index (χ2n) is 3.34. The van der Waals surface area contributed by atoms with Crippen LogP contribution < -0.4 is 0 Å². The molecule has 1 saturated heterocycles. The lowest BCUT2D eigenvalue weighted by Crippen LogP contribution is -2.57. The van der Waals surface area contributed by atoms with Crippen molar-refractivity contribution >= 4 is 25.8 Å². The maximum absolute atomic E-state index is 11.0. The van der Waals surface area contributed by atoms with E-state index in [9.17, 15) is 13.2 Å². The van der Waals surface area contributed by atoms with Crippen LogP contribution in [0.15, 0.2) is 0 Å². The zero-order valence-corrected chi connectivity index (χ0v) is 9.51. The first kappa shape index (κ1) is 11.7. The first-order valence-corrected chi connectivity index (χ1v) is 6.40. The van der Waals surface area contributed by atoms with E-state index < -0.39 is 15.1 Å². The number of hydrogen-bond acceptors (Lipinski definition) is 4. The number of nitrogens with zero attached hydrogens (tertiary/aromatic N) is 1. The minimum Gasteiger partial charge on any atom is -0.384 e. The van der Waals surface area contributed by atoms with Crippen LogP contribution in [0, 0.1) is 5.92 Å². The highest BCUT2D eigenvalue weighted by Crippen LogP contribution is 2.30. The van der Waals surface area contributed by atoms with E-state index in [1.54, 1.807) is 0 Å². The Bertz CT molecular complexity index is 329. The minimum absolute atomic E-state index is 0.0359. The summed E-state index contributed by atoms with van der Waals surface area (Å²) in [5, 5.41) is 0. The Balaban J connectivity index is 2.71. The summed E-state index contributed by atoms with van der Waals surface area (Å²) in [6.45, 7) is 2.22. The third-order valence-corrected chi connectivity index (χ3v) is 3.64. The standard InChI is InChI=1S/C7H12ClNO4S/c1-5(4-13-2)6-3-7(10)9(6)14(8,11)12/h5-6H,3-4H2,1-2H3. The van der Waals surface area contributed by atoms with Crippen molar-refractivity contribution in [3.63, 3.8) is 0 Å². The van der Waals surface area contributed by atoms with E-state index >= 15 is 0 Å². The Morgan fingerprint density at radius 1 is 1.71 bits per heavy atom. The van der Waals surface area contributed by atoms with Crippen LogP contribution in [0.1, 0.15) is 13.3 Å². The van der Waals surface area contributed by atoms with Crippen LogP contribution in [0.3, 0.4) is 0 Å². The van der Waals surface area contributed by atoms with Gasteiger partial charge in [-0.15, -0.1) is 0 Å². The van der Waals surface area contributed by atoms with E-state index in [-0.39, 0.29) is 18.4 Å². The number of amides is 1. The second kappa shape index (κ2) is 4.04. The predicted molar refractivity (Wildman–Crippen MR) is 51.1 cm³/mol. The molecular weight excluding hydrogens is 230 g/mol. The summed E-state index contributed by atoms with van der Waals surface area (Å²) in [6.07, 6.45) is 0.219. The van der Waals surface area contributed by atoms with Gasteiger partial charge in [-0.2, -0.15) is 8.42 Å². The topological polar surface area (TPSA) is 63.7 Å². The number of methoxy groups -OCH3 is 1. The molecule has 0 radical (unpaired) electrons. The van der Waals surface area contributed by atoms with E-state index in [0.29, 0.717) is 6.61 Å². The van der Waals surface area contributed by atoms with Crippen molar-refractivity contribution in [3.8, 4) is 0 Å². The van der Waals surface area contributed by atoms with E-state index in [2.05, 4.69) is 0 Å². The van der Waals surface area contributed by atoms with Gasteiger partial charge >= 0.3 is 9.24 Å². The average Bonchev–Trinajstić information content (AvgIpc) is 1.96. The van der Waals surface area contributed by atoms with Gasteiger partial charge < -0.3 is 4.74 Å². The molecule has 1 rings (SSSR count). The monoisotopic (exact) mass is 241 g/mol. The number of carbonyl (C=O) groups excluding carboxylic acids is 1. The number of hydrogen-bond donors (Lipinski definition) is 0. The molecule has 0 spiro atoms. The molecule has 0 aromatic rings. The van der Waals surface area contributed by atoms with Crippen LogP contribution in [-0.4, -0.2) is 38.4 Å². The molecule has 0 bridgehead atoms. The Hall–Kier alpha value is -0.330. The van der Waals surface area contributed by atoms with Crippen molar-refractivity contribution in [1.82, 2.24) is 4.31 Å². The first-order chi connectivity index (χ1) is 6.38. The van der Waals surface area contributed by atoms with Crippen LogP contribution >= 0.6 is 10.7 Å². The van der Waals surface area contributed by atoms with E-state index in [1.807, 2.05) is 6.92 Å². The third-order valence-electron chi connectivity index (χ3n) is 2.25. The smallest absolute Gasteiger partial charge is 0.324 e.